The summed E-state index contributed by atoms with van der Waals surface area (Å²) in [7, 11) is 0. The van der Waals surface area contributed by atoms with E-state index in [0.29, 0.717) is 6.54 Å². The van der Waals surface area contributed by atoms with Crippen molar-refractivity contribution in [3.05, 3.63) is 46.2 Å². The summed E-state index contributed by atoms with van der Waals surface area (Å²) in [5.74, 6) is 0. The van der Waals surface area contributed by atoms with Crippen molar-refractivity contribution < 1.29 is 0 Å². The third-order valence-electron chi connectivity index (χ3n) is 2.50. The quantitative estimate of drug-likeness (QED) is 0.938. The van der Waals surface area contributed by atoms with E-state index in [9.17, 15) is 0 Å². The van der Waals surface area contributed by atoms with Crippen molar-refractivity contribution in [1.29, 1.82) is 0 Å². The van der Waals surface area contributed by atoms with Gasteiger partial charge in [-0.3, -0.25) is 0 Å². The van der Waals surface area contributed by atoms with Gasteiger partial charge in [0.25, 0.3) is 0 Å². The second-order valence-corrected chi connectivity index (χ2v) is 4.68. The van der Waals surface area contributed by atoms with Crippen molar-refractivity contribution in [2.75, 3.05) is 6.54 Å². The van der Waals surface area contributed by atoms with Gasteiger partial charge in [-0.15, -0.1) is 0 Å². The number of aromatic nitrogens is 2. The van der Waals surface area contributed by atoms with Crippen molar-refractivity contribution in [2.45, 2.75) is 13.3 Å². The lowest BCUT2D eigenvalue weighted by molar-refractivity contribution is 0.865. The van der Waals surface area contributed by atoms with Crippen molar-refractivity contribution in [2.24, 2.45) is 5.73 Å². The zero-order valence-corrected chi connectivity index (χ0v) is 10.7. The predicted octanol–water partition coefficient (Wildman–Crippen LogP) is 2.44. The summed E-state index contributed by atoms with van der Waals surface area (Å²) in [5, 5.41) is 4.29. The summed E-state index contributed by atoms with van der Waals surface area (Å²) >= 11 is 3.40. The Labute approximate surface area is 103 Å². The van der Waals surface area contributed by atoms with Crippen LogP contribution in [0.4, 0.5) is 0 Å². The van der Waals surface area contributed by atoms with Crippen LogP contribution >= 0.6 is 15.9 Å². The van der Waals surface area contributed by atoms with Gasteiger partial charge in [0.2, 0.25) is 0 Å². The number of hydrogen-bond donors (Lipinski definition) is 1. The number of rotatable bonds is 3. The highest BCUT2D eigenvalue weighted by Crippen LogP contribution is 2.18. The highest BCUT2D eigenvalue weighted by atomic mass is 79.9. The summed E-state index contributed by atoms with van der Waals surface area (Å²) in [6.45, 7) is 2.75. The fourth-order valence-corrected chi connectivity index (χ4v) is 1.94. The van der Waals surface area contributed by atoms with Crippen molar-refractivity contribution >= 4 is 15.9 Å². The number of benzene rings is 1. The SMILES string of the molecule is Cc1ccc(CCN)cc1-n1cc(Br)cn1. The third-order valence-corrected chi connectivity index (χ3v) is 2.91. The average Bonchev–Trinajstić information content (AvgIpc) is 2.68. The molecule has 0 saturated carbocycles. The Morgan fingerprint density at radius 2 is 2.25 bits per heavy atom. The molecule has 2 rings (SSSR count). The topological polar surface area (TPSA) is 43.8 Å². The number of halogens is 1. The first-order chi connectivity index (χ1) is 7.70. The van der Waals surface area contributed by atoms with Gasteiger partial charge in [0.15, 0.2) is 0 Å². The van der Waals surface area contributed by atoms with Crippen LogP contribution in [0.25, 0.3) is 5.69 Å². The lowest BCUT2D eigenvalue weighted by Crippen LogP contribution is -2.04. The molecule has 1 aromatic heterocycles. The molecule has 3 nitrogen and oxygen atoms in total. The molecule has 84 valence electrons. The maximum absolute atomic E-state index is 5.56. The van der Waals surface area contributed by atoms with Crippen molar-refractivity contribution in [3.8, 4) is 5.69 Å². The highest BCUT2D eigenvalue weighted by Gasteiger charge is 2.04. The van der Waals surface area contributed by atoms with Gasteiger partial charge < -0.3 is 5.73 Å². The van der Waals surface area contributed by atoms with E-state index in [1.165, 1.54) is 11.1 Å². The molecule has 0 atom stereocenters. The van der Waals surface area contributed by atoms with Gasteiger partial charge in [-0.05, 0) is 53.0 Å². The minimum absolute atomic E-state index is 0.672. The predicted molar refractivity (Wildman–Crippen MR) is 68.8 cm³/mol. The fraction of sp³-hybridized carbons (Fsp3) is 0.250. The largest absolute Gasteiger partial charge is 0.330 e. The van der Waals surface area contributed by atoms with E-state index >= 15 is 0 Å². The van der Waals surface area contributed by atoms with Gasteiger partial charge in [0.1, 0.15) is 0 Å². The first-order valence-electron chi connectivity index (χ1n) is 5.21. The zero-order chi connectivity index (χ0) is 11.5. The number of nitrogens with zero attached hydrogens (tertiary/aromatic N) is 2. The Kier molecular flexibility index (Phi) is 3.41. The van der Waals surface area contributed by atoms with Gasteiger partial charge in [-0.1, -0.05) is 12.1 Å². The second-order valence-electron chi connectivity index (χ2n) is 3.76. The molecule has 2 N–H and O–H groups in total. The van der Waals surface area contributed by atoms with Crippen LogP contribution in [0.3, 0.4) is 0 Å². The zero-order valence-electron chi connectivity index (χ0n) is 9.15. The summed E-state index contributed by atoms with van der Waals surface area (Å²) in [5.41, 5.74) is 9.12. The van der Waals surface area contributed by atoms with Crippen LogP contribution in [-0.4, -0.2) is 16.3 Å². The molecule has 1 aromatic carbocycles. The molecule has 0 saturated heterocycles. The van der Waals surface area contributed by atoms with Crippen LogP contribution in [0.5, 0.6) is 0 Å². The van der Waals surface area contributed by atoms with Crippen LogP contribution in [0.15, 0.2) is 35.1 Å². The van der Waals surface area contributed by atoms with E-state index in [2.05, 4.69) is 46.2 Å². The smallest absolute Gasteiger partial charge is 0.0677 e. The highest BCUT2D eigenvalue weighted by molar-refractivity contribution is 9.10. The Morgan fingerprint density at radius 3 is 2.88 bits per heavy atom. The maximum atomic E-state index is 5.56. The molecule has 4 heteroatoms. The summed E-state index contributed by atoms with van der Waals surface area (Å²) in [6.07, 6.45) is 4.64. The minimum atomic E-state index is 0.672. The van der Waals surface area contributed by atoms with E-state index in [-0.39, 0.29) is 0 Å². The van der Waals surface area contributed by atoms with Crippen LogP contribution in [0.2, 0.25) is 0 Å². The van der Waals surface area contributed by atoms with E-state index in [1.54, 1.807) is 6.20 Å². The molecule has 16 heavy (non-hydrogen) atoms. The van der Waals surface area contributed by atoms with E-state index in [4.69, 9.17) is 5.73 Å². The molecule has 0 fully saturated rings. The monoisotopic (exact) mass is 279 g/mol. The molecule has 0 bridgehead atoms. The third kappa shape index (κ3) is 2.33. The molecule has 0 spiro atoms. The molecule has 0 unspecified atom stereocenters. The maximum Gasteiger partial charge on any atom is 0.0677 e. The average molecular weight is 280 g/mol. The van der Waals surface area contributed by atoms with Crippen molar-refractivity contribution in [3.63, 3.8) is 0 Å². The van der Waals surface area contributed by atoms with Gasteiger partial charge >= 0.3 is 0 Å². The lowest BCUT2D eigenvalue weighted by atomic mass is 10.1. The fourth-order valence-electron chi connectivity index (χ4n) is 1.66. The number of nitrogens with two attached hydrogens (primary N) is 1. The van der Waals surface area contributed by atoms with Gasteiger partial charge in [0.05, 0.1) is 16.4 Å². The summed E-state index contributed by atoms with van der Waals surface area (Å²) in [4.78, 5) is 0. The molecule has 0 radical (unpaired) electrons. The minimum Gasteiger partial charge on any atom is -0.330 e. The van der Waals surface area contributed by atoms with Crippen LogP contribution in [0.1, 0.15) is 11.1 Å². The van der Waals surface area contributed by atoms with Gasteiger partial charge in [0, 0.05) is 6.20 Å². The Hall–Kier alpha value is -1.13. The molecule has 1 heterocycles. The lowest BCUT2D eigenvalue weighted by Gasteiger charge is -2.08. The molecule has 0 aliphatic rings. The molecular weight excluding hydrogens is 266 g/mol. The van der Waals surface area contributed by atoms with Crippen LogP contribution in [-0.2, 0) is 6.42 Å². The molecule has 0 aliphatic carbocycles. The Morgan fingerprint density at radius 1 is 1.44 bits per heavy atom. The van der Waals surface area contributed by atoms with Gasteiger partial charge in [-0.2, -0.15) is 5.10 Å². The van der Waals surface area contributed by atoms with E-state index < -0.39 is 0 Å². The van der Waals surface area contributed by atoms with Crippen LogP contribution < -0.4 is 5.73 Å². The van der Waals surface area contributed by atoms with E-state index in [1.807, 2.05) is 10.9 Å². The standard InChI is InChI=1S/C12H14BrN3/c1-9-2-3-10(4-5-14)6-12(9)16-8-11(13)7-15-16/h2-3,6-8H,4-5,14H2,1H3. The Balaban J connectivity index is 2.42. The first-order valence-corrected chi connectivity index (χ1v) is 6.00. The number of hydrogen-bond acceptors (Lipinski definition) is 2. The molecule has 0 amide bonds. The van der Waals surface area contributed by atoms with E-state index in [0.717, 1.165) is 16.6 Å². The normalized spacial score (nSPS) is 10.7. The van der Waals surface area contributed by atoms with Crippen LogP contribution in [0, 0.1) is 6.92 Å². The Bertz CT molecular complexity index is 491. The number of aryl methyl sites for hydroxylation is 1. The second kappa shape index (κ2) is 4.80. The molecule has 0 aliphatic heterocycles. The first kappa shape index (κ1) is 11.4. The summed E-state index contributed by atoms with van der Waals surface area (Å²) < 4.78 is 2.86. The van der Waals surface area contributed by atoms with Gasteiger partial charge in [-0.25, -0.2) is 4.68 Å². The molecular formula is C12H14BrN3. The van der Waals surface area contributed by atoms with Crippen molar-refractivity contribution in [1.82, 2.24) is 9.78 Å². The molecule has 2 aromatic rings. The summed E-state index contributed by atoms with van der Waals surface area (Å²) in [6, 6.07) is 6.36.